The number of hydrogen-bond donors (Lipinski definition) is 1. The van der Waals surface area contributed by atoms with Crippen LogP contribution in [0.15, 0.2) is 66.7 Å². The molecule has 0 aliphatic heterocycles. The maximum Gasteiger partial charge on any atom is 0.322 e. The summed E-state index contributed by atoms with van der Waals surface area (Å²) in [6.07, 6.45) is 1.87. The first-order valence-corrected chi connectivity index (χ1v) is 14.3. The minimum Gasteiger partial charge on any atom is -0.497 e. The van der Waals surface area contributed by atoms with Crippen molar-refractivity contribution < 1.29 is 23.7 Å². The molecule has 1 N–H and O–H groups in total. The fraction of sp³-hybridized carbons (Fsp3) is 0.424. The predicted molar refractivity (Wildman–Crippen MR) is 164 cm³/mol. The topological polar surface area (TPSA) is 72.5 Å². The van der Waals surface area contributed by atoms with Gasteiger partial charge in [-0.3, -0.25) is 0 Å². The van der Waals surface area contributed by atoms with Crippen molar-refractivity contribution in [3.8, 4) is 23.0 Å². The lowest BCUT2D eigenvalue weighted by molar-refractivity contribution is 0.180. The predicted octanol–water partition coefficient (Wildman–Crippen LogP) is 6.84. The van der Waals surface area contributed by atoms with Crippen molar-refractivity contribution in [2.75, 3.05) is 46.3 Å². The van der Waals surface area contributed by atoms with Gasteiger partial charge in [0.1, 0.15) is 18.1 Å². The summed E-state index contributed by atoms with van der Waals surface area (Å²) in [5.41, 5.74) is 2.61. The number of benzene rings is 3. The highest BCUT2D eigenvalue weighted by molar-refractivity contribution is 5.91. The standard InChI is InChI=1S/C33H45N3O5/c1-7-35(8-2)20-12-13-25(3)36(33(37)34-29-18-17-28(38-4)22-31(29)39-5)23-27-16-19-30(32(21-27)40-6)41-24-26-14-10-9-11-15-26/h9-11,14-19,21-22,25H,7-8,12-13,20,23-24H2,1-6H3,(H,34,37). The third-order valence-electron chi connectivity index (χ3n) is 7.25. The molecule has 0 bridgehead atoms. The van der Waals surface area contributed by atoms with Gasteiger partial charge < -0.3 is 34.1 Å². The number of carbonyl (C=O) groups is 1. The van der Waals surface area contributed by atoms with E-state index in [1.807, 2.05) is 53.4 Å². The molecule has 3 rings (SSSR count). The summed E-state index contributed by atoms with van der Waals surface area (Å²) in [4.78, 5) is 18.0. The van der Waals surface area contributed by atoms with Crippen LogP contribution in [0.3, 0.4) is 0 Å². The van der Waals surface area contributed by atoms with Crippen molar-refractivity contribution in [1.82, 2.24) is 9.80 Å². The Morgan fingerprint density at radius 2 is 1.56 bits per heavy atom. The van der Waals surface area contributed by atoms with Gasteiger partial charge in [-0.2, -0.15) is 0 Å². The molecule has 0 aliphatic carbocycles. The zero-order valence-electron chi connectivity index (χ0n) is 25.3. The number of amides is 2. The van der Waals surface area contributed by atoms with Crippen LogP contribution in [0.4, 0.5) is 10.5 Å². The number of rotatable bonds is 16. The van der Waals surface area contributed by atoms with Gasteiger partial charge in [0.05, 0.1) is 27.0 Å². The molecule has 1 unspecified atom stereocenters. The van der Waals surface area contributed by atoms with Crippen LogP contribution in [-0.4, -0.2) is 62.8 Å². The Morgan fingerprint density at radius 1 is 0.829 bits per heavy atom. The summed E-state index contributed by atoms with van der Waals surface area (Å²) in [6.45, 7) is 10.3. The third kappa shape index (κ3) is 9.32. The summed E-state index contributed by atoms with van der Waals surface area (Å²) in [5.74, 6) is 2.48. The van der Waals surface area contributed by atoms with Crippen LogP contribution in [-0.2, 0) is 13.2 Å². The van der Waals surface area contributed by atoms with E-state index in [9.17, 15) is 4.79 Å². The maximum atomic E-state index is 13.7. The molecule has 0 aliphatic rings. The van der Waals surface area contributed by atoms with E-state index in [2.05, 4.69) is 31.0 Å². The Bertz CT molecular complexity index is 1220. The van der Waals surface area contributed by atoms with E-state index in [4.69, 9.17) is 18.9 Å². The number of hydrogen-bond acceptors (Lipinski definition) is 6. The molecule has 0 radical (unpaired) electrons. The molecule has 8 nitrogen and oxygen atoms in total. The van der Waals surface area contributed by atoms with Crippen LogP contribution < -0.4 is 24.3 Å². The molecule has 3 aromatic carbocycles. The van der Waals surface area contributed by atoms with Crippen molar-refractivity contribution >= 4 is 11.7 Å². The minimum absolute atomic E-state index is 0.00481. The highest BCUT2D eigenvalue weighted by atomic mass is 16.5. The number of anilines is 1. The van der Waals surface area contributed by atoms with E-state index in [1.54, 1.807) is 39.5 Å². The molecule has 1 atom stereocenters. The molecule has 8 heteroatoms. The zero-order chi connectivity index (χ0) is 29.6. The van der Waals surface area contributed by atoms with E-state index in [-0.39, 0.29) is 12.1 Å². The maximum absolute atomic E-state index is 13.7. The summed E-state index contributed by atoms with van der Waals surface area (Å²) >= 11 is 0. The van der Waals surface area contributed by atoms with E-state index in [1.165, 1.54) is 0 Å². The minimum atomic E-state index is -0.202. The summed E-state index contributed by atoms with van der Waals surface area (Å²) in [6, 6.07) is 21.0. The Balaban J connectivity index is 1.79. The van der Waals surface area contributed by atoms with Crippen molar-refractivity contribution in [3.05, 3.63) is 77.9 Å². The quantitative estimate of drug-likeness (QED) is 0.206. The smallest absolute Gasteiger partial charge is 0.322 e. The third-order valence-corrected chi connectivity index (χ3v) is 7.25. The molecule has 222 valence electrons. The van der Waals surface area contributed by atoms with E-state index >= 15 is 0 Å². The highest BCUT2D eigenvalue weighted by Crippen LogP contribution is 2.31. The second-order valence-electron chi connectivity index (χ2n) is 9.90. The van der Waals surface area contributed by atoms with Gasteiger partial charge in [0.25, 0.3) is 0 Å². The van der Waals surface area contributed by atoms with E-state index in [0.29, 0.717) is 41.8 Å². The van der Waals surface area contributed by atoms with Crippen molar-refractivity contribution in [3.63, 3.8) is 0 Å². The molecule has 0 saturated heterocycles. The Labute approximate surface area is 245 Å². The fourth-order valence-corrected chi connectivity index (χ4v) is 4.68. The largest absolute Gasteiger partial charge is 0.497 e. The highest BCUT2D eigenvalue weighted by Gasteiger charge is 2.23. The average molecular weight is 564 g/mol. The summed E-state index contributed by atoms with van der Waals surface area (Å²) in [5, 5.41) is 3.05. The van der Waals surface area contributed by atoms with Gasteiger partial charge in [0, 0.05) is 18.7 Å². The van der Waals surface area contributed by atoms with Crippen LogP contribution in [0.2, 0.25) is 0 Å². The number of carbonyl (C=O) groups excluding carboxylic acids is 1. The number of methoxy groups -OCH3 is 3. The second-order valence-corrected chi connectivity index (χ2v) is 9.90. The SMILES string of the molecule is CCN(CC)CCCC(C)N(Cc1ccc(OCc2ccccc2)c(OC)c1)C(=O)Nc1ccc(OC)cc1OC. The lowest BCUT2D eigenvalue weighted by atomic mass is 10.1. The van der Waals surface area contributed by atoms with Crippen LogP contribution >= 0.6 is 0 Å². The van der Waals surface area contributed by atoms with Gasteiger partial charge in [-0.05, 0) is 74.8 Å². The van der Waals surface area contributed by atoms with Gasteiger partial charge in [-0.25, -0.2) is 4.79 Å². The first-order chi connectivity index (χ1) is 19.9. The summed E-state index contributed by atoms with van der Waals surface area (Å²) < 4.78 is 22.5. The second kappa shape index (κ2) is 16.4. The van der Waals surface area contributed by atoms with Gasteiger partial charge in [0.15, 0.2) is 11.5 Å². The van der Waals surface area contributed by atoms with Gasteiger partial charge in [-0.1, -0.05) is 50.2 Å². The van der Waals surface area contributed by atoms with Gasteiger partial charge in [-0.15, -0.1) is 0 Å². The fourth-order valence-electron chi connectivity index (χ4n) is 4.68. The lowest BCUT2D eigenvalue weighted by Gasteiger charge is -2.31. The van der Waals surface area contributed by atoms with Crippen molar-refractivity contribution in [1.29, 1.82) is 0 Å². The number of nitrogens with one attached hydrogen (secondary N) is 1. The molecule has 0 heterocycles. The van der Waals surface area contributed by atoms with Crippen molar-refractivity contribution in [2.45, 2.75) is 52.8 Å². The first-order valence-electron chi connectivity index (χ1n) is 14.3. The van der Waals surface area contributed by atoms with Crippen LogP contribution in [0, 0.1) is 0 Å². The number of urea groups is 1. The molecule has 41 heavy (non-hydrogen) atoms. The van der Waals surface area contributed by atoms with Crippen LogP contribution in [0.5, 0.6) is 23.0 Å². The molecule has 0 fully saturated rings. The molecule has 0 saturated carbocycles. The molecule has 0 aromatic heterocycles. The normalized spacial score (nSPS) is 11.6. The lowest BCUT2D eigenvalue weighted by Crippen LogP contribution is -2.41. The number of ether oxygens (including phenoxy) is 4. The van der Waals surface area contributed by atoms with Gasteiger partial charge >= 0.3 is 6.03 Å². The number of nitrogens with zero attached hydrogens (tertiary/aromatic N) is 2. The van der Waals surface area contributed by atoms with E-state index < -0.39 is 0 Å². The Kier molecular flexibility index (Phi) is 12.6. The zero-order valence-corrected chi connectivity index (χ0v) is 25.3. The monoisotopic (exact) mass is 563 g/mol. The Hall–Kier alpha value is -3.91. The molecule has 2 amide bonds. The first kappa shape index (κ1) is 31.6. The molecule has 0 spiro atoms. The van der Waals surface area contributed by atoms with Crippen LogP contribution in [0.25, 0.3) is 0 Å². The van der Waals surface area contributed by atoms with E-state index in [0.717, 1.165) is 43.6 Å². The van der Waals surface area contributed by atoms with Gasteiger partial charge in [0.2, 0.25) is 0 Å². The van der Waals surface area contributed by atoms with Crippen molar-refractivity contribution in [2.24, 2.45) is 0 Å². The molecular formula is C33H45N3O5. The molecule has 3 aromatic rings. The Morgan fingerprint density at radius 3 is 2.22 bits per heavy atom. The summed E-state index contributed by atoms with van der Waals surface area (Å²) in [7, 11) is 4.80. The van der Waals surface area contributed by atoms with Crippen LogP contribution in [0.1, 0.15) is 44.7 Å². The molecular weight excluding hydrogens is 518 g/mol. The average Bonchev–Trinajstić information content (AvgIpc) is 3.01.